The Bertz CT molecular complexity index is 1160. The Labute approximate surface area is 182 Å². The Morgan fingerprint density at radius 2 is 2.13 bits per heavy atom. The maximum Gasteiger partial charge on any atom is 0.296 e. The van der Waals surface area contributed by atoms with Gasteiger partial charge >= 0.3 is 0 Å². The summed E-state index contributed by atoms with van der Waals surface area (Å²) in [4.78, 5) is 33.0. The van der Waals surface area contributed by atoms with Crippen molar-refractivity contribution >= 4 is 49.7 Å². The molecule has 0 saturated carbocycles. The highest BCUT2D eigenvalue weighted by Crippen LogP contribution is 2.45. The lowest BCUT2D eigenvalue weighted by molar-refractivity contribution is -0.118. The number of nitrogens with zero attached hydrogens (tertiary/aromatic N) is 2. The second-order valence-corrected chi connectivity index (χ2v) is 9.65. The molecule has 4 rings (SSSR count). The number of aliphatic hydroxyl groups is 1. The number of carbonyl (C=O) groups excluding carboxylic acids is 2. The lowest BCUT2D eigenvalue weighted by atomic mass is 9.96. The number of hydrogen-bond donors (Lipinski definition) is 1. The highest BCUT2D eigenvalue weighted by molar-refractivity contribution is 7.22. The lowest BCUT2D eigenvalue weighted by Crippen LogP contribution is -2.30. The summed E-state index contributed by atoms with van der Waals surface area (Å²) in [7, 11) is 1.61. The zero-order valence-corrected chi connectivity index (χ0v) is 18.8. The molecule has 1 aliphatic rings. The van der Waals surface area contributed by atoms with Gasteiger partial charge in [-0.2, -0.15) is 0 Å². The normalized spacial score (nSPS) is 16.9. The summed E-state index contributed by atoms with van der Waals surface area (Å²) in [6.45, 7) is 5.81. The van der Waals surface area contributed by atoms with Crippen molar-refractivity contribution in [2.45, 2.75) is 33.2 Å². The van der Waals surface area contributed by atoms with Crippen molar-refractivity contribution in [2.24, 2.45) is 5.92 Å². The Hall–Kier alpha value is -2.71. The van der Waals surface area contributed by atoms with E-state index in [2.05, 4.69) is 4.98 Å². The van der Waals surface area contributed by atoms with Crippen LogP contribution in [0.15, 0.2) is 41.0 Å². The van der Waals surface area contributed by atoms with Crippen molar-refractivity contribution < 1.29 is 19.4 Å². The zero-order valence-electron chi connectivity index (χ0n) is 17.1. The van der Waals surface area contributed by atoms with E-state index in [-0.39, 0.29) is 23.7 Å². The number of ketones is 1. The van der Waals surface area contributed by atoms with E-state index in [1.807, 2.05) is 50.4 Å². The number of fused-ring (bicyclic) bond motifs is 1. The molecule has 1 atom stereocenters. The van der Waals surface area contributed by atoms with E-state index < -0.39 is 17.7 Å². The molecule has 1 unspecified atom stereocenters. The van der Waals surface area contributed by atoms with Gasteiger partial charge in [0.15, 0.2) is 16.7 Å². The fraction of sp³-hybridized carbons (Fsp3) is 0.318. The van der Waals surface area contributed by atoms with E-state index in [1.165, 1.54) is 27.6 Å². The van der Waals surface area contributed by atoms with Crippen molar-refractivity contribution in [1.82, 2.24) is 4.98 Å². The summed E-state index contributed by atoms with van der Waals surface area (Å²) < 4.78 is 6.27. The molecule has 0 spiro atoms. The largest absolute Gasteiger partial charge is 0.503 e. The number of amides is 1. The third-order valence-corrected chi connectivity index (χ3v) is 6.96. The van der Waals surface area contributed by atoms with Crippen molar-refractivity contribution in [3.63, 3.8) is 0 Å². The molecule has 3 aromatic rings. The first kappa shape index (κ1) is 20.6. The number of aliphatic hydroxyl groups excluding tert-OH is 1. The number of carbonyl (C=O) groups is 2. The average Bonchev–Trinajstić information content (AvgIpc) is 3.39. The third-order valence-electron chi connectivity index (χ3n) is 5.01. The van der Waals surface area contributed by atoms with E-state index in [1.54, 1.807) is 7.11 Å². The predicted octanol–water partition coefficient (Wildman–Crippen LogP) is 5.19. The Morgan fingerprint density at radius 1 is 1.37 bits per heavy atom. The van der Waals surface area contributed by atoms with E-state index in [9.17, 15) is 14.7 Å². The van der Waals surface area contributed by atoms with E-state index in [0.29, 0.717) is 5.13 Å². The van der Waals surface area contributed by atoms with E-state index in [0.717, 1.165) is 26.4 Å². The number of rotatable bonds is 6. The number of aromatic nitrogens is 1. The van der Waals surface area contributed by atoms with Crippen LogP contribution in [0, 0.1) is 12.8 Å². The minimum Gasteiger partial charge on any atom is -0.503 e. The Morgan fingerprint density at radius 3 is 2.77 bits per heavy atom. The SMILES string of the molecule is COc1cc2sc(N3C(=O)C(O)=C(C(=O)CC(C)C)C3c3cccs3)nc2cc1C. The van der Waals surface area contributed by atoms with Gasteiger partial charge in [0, 0.05) is 11.3 Å². The van der Waals surface area contributed by atoms with Crippen LogP contribution in [0.25, 0.3) is 10.2 Å². The topological polar surface area (TPSA) is 79.7 Å². The molecule has 3 heterocycles. The zero-order chi connectivity index (χ0) is 21.6. The van der Waals surface area contributed by atoms with Gasteiger partial charge in [0.05, 0.1) is 22.9 Å². The molecule has 0 aliphatic carbocycles. The first-order valence-electron chi connectivity index (χ1n) is 9.60. The number of anilines is 1. The standard InChI is InChI=1S/C22H22N2O4S2/c1-11(2)8-14(25)18-19(16-6-5-7-29-16)24(21(27)20(18)26)22-23-13-9-12(3)15(28-4)10-17(13)30-22/h5-7,9-11,19,26H,8H2,1-4H3. The van der Waals surface area contributed by atoms with E-state index >= 15 is 0 Å². The number of thiazole rings is 1. The van der Waals surface area contributed by atoms with Gasteiger partial charge < -0.3 is 9.84 Å². The highest BCUT2D eigenvalue weighted by Gasteiger charge is 2.46. The summed E-state index contributed by atoms with van der Waals surface area (Å²) in [5, 5.41) is 13.0. The van der Waals surface area contributed by atoms with Crippen molar-refractivity contribution in [1.29, 1.82) is 0 Å². The van der Waals surface area contributed by atoms with Crippen molar-refractivity contribution in [3.8, 4) is 5.75 Å². The van der Waals surface area contributed by atoms with Gasteiger partial charge in [-0.05, 0) is 42.0 Å². The number of aryl methyl sites for hydroxylation is 1. The van der Waals surface area contributed by atoms with Gasteiger partial charge in [-0.1, -0.05) is 31.3 Å². The minimum absolute atomic E-state index is 0.115. The molecule has 1 N–H and O–H groups in total. The molecular weight excluding hydrogens is 420 g/mol. The van der Waals surface area contributed by atoms with Crippen LogP contribution in [0.1, 0.15) is 36.8 Å². The Balaban J connectivity index is 1.84. The summed E-state index contributed by atoms with van der Waals surface area (Å²) in [5.41, 5.74) is 1.84. The summed E-state index contributed by atoms with van der Waals surface area (Å²) in [6.07, 6.45) is 0.263. The summed E-state index contributed by atoms with van der Waals surface area (Å²) in [5.74, 6) is -0.427. The van der Waals surface area contributed by atoms with Gasteiger partial charge in [0.2, 0.25) is 0 Å². The fourth-order valence-corrected chi connectivity index (χ4v) is 5.48. The van der Waals surface area contributed by atoms with Gasteiger partial charge in [-0.25, -0.2) is 4.98 Å². The minimum atomic E-state index is -0.674. The first-order chi connectivity index (χ1) is 14.3. The van der Waals surface area contributed by atoms with Crippen LogP contribution in [-0.2, 0) is 9.59 Å². The maximum absolute atomic E-state index is 13.1. The quantitative estimate of drug-likeness (QED) is 0.568. The van der Waals surface area contributed by atoms with Crippen LogP contribution in [-0.4, -0.2) is 28.9 Å². The van der Waals surface area contributed by atoms with Crippen LogP contribution >= 0.6 is 22.7 Å². The number of ether oxygens (including phenoxy) is 1. The molecule has 30 heavy (non-hydrogen) atoms. The maximum atomic E-state index is 13.1. The first-order valence-corrected chi connectivity index (χ1v) is 11.3. The van der Waals surface area contributed by atoms with E-state index in [4.69, 9.17) is 4.74 Å². The van der Waals surface area contributed by atoms with Crippen LogP contribution in [0.5, 0.6) is 5.75 Å². The van der Waals surface area contributed by atoms with Crippen LogP contribution < -0.4 is 9.64 Å². The van der Waals surface area contributed by atoms with Crippen molar-refractivity contribution in [2.75, 3.05) is 12.0 Å². The average molecular weight is 443 g/mol. The van der Waals surface area contributed by atoms with Gasteiger partial charge in [0.1, 0.15) is 11.8 Å². The number of Topliss-reactive ketones (excluding diaryl/α,β-unsaturated/α-hetero) is 1. The molecule has 0 fully saturated rings. The molecule has 6 nitrogen and oxygen atoms in total. The molecule has 2 aromatic heterocycles. The summed E-state index contributed by atoms with van der Waals surface area (Å²) in [6, 6.07) is 6.87. The number of benzene rings is 1. The number of thiophene rings is 1. The molecule has 8 heteroatoms. The number of hydrogen-bond acceptors (Lipinski definition) is 7. The Kier molecular flexibility index (Phi) is 5.38. The fourth-order valence-electron chi connectivity index (χ4n) is 3.65. The molecule has 1 aliphatic heterocycles. The predicted molar refractivity (Wildman–Crippen MR) is 120 cm³/mol. The van der Waals surface area contributed by atoms with Gasteiger partial charge in [0.25, 0.3) is 5.91 Å². The second kappa shape index (κ2) is 7.85. The summed E-state index contributed by atoms with van der Waals surface area (Å²) >= 11 is 2.78. The molecule has 0 bridgehead atoms. The molecule has 156 valence electrons. The lowest BCUT2D eigenvalue weighted by Gasteiger charge is -2.23. The van der Waals surface area contributed by atoms with Gasteiger partial charge in [-0.15, -0.1) is 11.3 Å². The third kappa shape index (κ3) is 3.40. The van der Waals surface area contributed by atoms with Crippen molar-refractivity contribution in [3.05, 3.63) is 51.4 Å². The van der Waals surface area contributed by atoms with Gasteiger partial charge in [-0.3, -0.25) is 14.5 Å². The number of methoxy groups -OCH3 is 1. The molecule has 1 aromatic carbocycles. The molecule has 1 amide bonds. The monoisotopic (exact) mass is 442 g/mol. The van der Waals surface area contributed by atoms with Crippen LogP contribution in [0.2, 0.25) is 0 Å². The van der Waals surface area contributed by atoms with Crippen LogP contribution in [0.3, 0.4) is 0 Å². The molecular formula is C22H22N2O4S2. The second-order valence-electron chi connectivity index (χ2n) is 7.66. The molecule has 0 saturated heterocycles. The van der Waals surface area contributed by atoms with Crippen LogP contribution in [0.4, 0.5) is 5.13 Å². The smallest absolute Gasteiger partial charge is 0.296 e. The molecule has 0 radical (unpaired) electrons. The highest BCUT2D eigenvalue weighted by atomic mass is 32.1.